The highest BCUT2D eigenvalue weighted by molar-refractivity contribution is 5.95. The normalized spacial score (nSPS) is 13.6. The molecule has 0 atom stereocenters. The number of fused-ring (bicyclic) bond motifs is 1. The Morgan fingerprint density at radius 3 is 2.72 bits per heavy atom. The van der Waals surface area contributed by atoms with Crippen molar-refractivity contribution in [3.05, 3.63) is 48.4 Å². The molecule has 7 heteroatoms. The molecule has 1 aliphatic rings. The Kier molecular flexibility index (Phi) is 3.97. The van der Waals surface area contributed by atoms with Crippen molar-refractivity contribution in [1.29, 1.82) is 0 Å². The molecule has 1 aromatic carbocycles. The molecule has 1 amide bonds. The molecule has 4 rings (SSSR count). The molecule has 3 aromatic rings. The molecule has 1 N–H and O–H groups in total. The topological polar surface area (TPSA) is 77.8 Å². The van der Waals surface area contributed by atoms with Gasteiger partial charge in [0.2, 0.25) is 0 Å². The summed E-state index contributed by atoms with van der Waals surface area (Å²) in [6.07, 6.45) is 4.10. The first kappa shape index (κ1) is 15.4. The maximum Gasteiger partial charge on any atom is 0.262 e. The van der Waals surface area contributed by atoms with Gasteiger partial charge in [-0.25, -0.2) is 9.50 Å². The number of benzene rings is 1. The lowest BCUT2D eigenvalue weighted by Gasteiger charge is -2.08. The Labute approximate surface area is 144 Å². The number of aromatic nitrogens is 3. The first-order valence-electron chi connectivity index (χ1n) is 8.15. The fraction of sp³-hybridized carbons (Fsp3) is 0.278. The number of hydrogen-bond donors (Lipinski definition) is 1. The van der Waals surface area contributed by atoms with Gasteiger partial charge < -0.3 is 14.8 Å². The zero-order valence-corrected chi connectivity index (χ0v) is 13.8. The number of anilines is 1. The van der Waals surface area contributed by atoms with Gasteiger partial charge in [-0.05, 0) is 49.2 Å². The van der Waals surface area contributed by atoms with Gasteiger partial charge in [0.05, 0.1) is 12.8 Å². The molecule has 0 saturated heterocycles. The van der Waals surface area contributed by atoms with Crippen LogP contribution in [0.15, 0.2) is 42.6 Å². The fourth-order valence-corrected chi connectivity index (χ4v) is 2.54. The van der Waals surface area contributed by atoms with Crippen molar-refractivity contribution < 1.29 is 14.3 Å². The SMILES string of the molecule is COc1ccc(OCC(=O)Nc2cccn3nc(C4CC4)nc23)cc1. The molecule has 0 spiro atoms. The highest BCUT2D eigenvalue weighted by Crippen LogP contribution is 2.38. The molecular formula is C18H18N4O3. The van der Waals surface area contributed by atoms with E-state index in [-0.39, 0.29) is 12.5 Å². The van der Waals surface area contributed by atoms with E-state index in [4.69, 9.17) is 9.47 Å². The van der Waals surface area contributed by atoms with Gasteiger partial charge in [0.1, 0.15) is 11.5 Å². The minimum atomic E-state index is -0.250. The number of carbonyl (C=O) groups excluding carboxylic acids is 1. The van der Waals surface area contributed by atoms with Crippen molar-refractivity contribution in [2.24, 2.45) is 0 Å². The molecule has 2 aromatic heterocycles. The van der Waals surface area contributed by atoms with Crippen LogP contribution in [0.2, 0.25) is 0 Å². The second-order valence-corrected chi connectivity index (χ2v) is 5.95. The van der Waals surface area contributed by atoms with Gasteiger partial charge in [-0.15, -0.1) is 0 Å². The number of nitrogens with zero attached hydrogens (tertiary/aromatic N) is 3. The predicted molar refractivity (Wildman–Crippen MR) is 92.1 cm³/mol. The lowest BCUT2D eigenvalue weighted by Crippen LogP contribution is -2.20. The number of rotatable bonds is 6. The third-order valence-electron chi connectivity index (χ3n) is 4.02. The van der Waals surface area contributed by atoms with E-state index >= 15 is 0 Å². The summed E-state index contributed by atoms with van der Waals surface area (Å²) in [4.78, 5) is 16.7. The predicted octanol–water partition coefficient (Wildman–Crippen LogP) is 2.63. The number of amides is 1. The first-order chi connectivity index (χ1) is 12.2. The summed E-state index contributed by atoms with van der Waals surface area (Å²) in [7, 11) is 1.60. The van der Waals surface area contributed by atoms with Crippen LogP contribution in [-0.2, 0) is 4.79 Å². The summed E-state index contributed by atoms with van der Waals surface area (Å²) in [5, 5.41) is 7.30. The van der Waals surface area contributed by atoms with Crippen LogP contribution in [0.3, 0.4) is 0 Å². The number of pyridine rings is 1. The minimum absolute atomic E-state index is 0.0863. The monoisotopic (exact) mass is 338 g/mol. The van der Waals surface area contributed by atoms with Crippen molar-refractivity contribution in [3.8, 4) is 11.5 Å². The molecule has 0 aliphatic heterocycles. The van der Waals surface area contributed by atoms with E-state index in [1.165, 1.54) is 0 Å². The quantitative estimate of drug-likeness (QED) is 0.747. The molecule has 7 nitrogen and oxygen atoms in total. The Balaban J connectivity index is 1.42. The molecule has 1 saturated carbocycles. The largest absolute Gasteiger partial charge is 0.497 e. The van der Waals surface area contributed by atoms with Crippen LogP contribution in [0, 0.1) is 0 Å². The molecule has 1 aliphatic carbocycles. The second kappa shape index (κ2) is 6.43. The standard InChI is InChI=1S/C18H18N4O3/c1-24-13-6-8-14(9-7-13)25-11-16(23)19-15-3-2-10-22-18(15)20-17(21-22)12-4-5-12/h2-3,6-10,12H,4-5,11H2,1H3,(H,19,23). The van der Waals surface area contributed by atoms with Crippen LogP contribution in [0.25, 0.3) is 5.65 Å². The summed E-state index contributed by atoms with van der Waals surface area (Å²) < 4.78 is 12.3. The Bertz CT molecular complexity index is 900. The van der Waals surface area contributed by atoms with E-state index in [2.05, 4.69) is 15.4 Å². The van der Waals surface area contributed by atoms with Gasteiger partial charge in [-0.1, -0.05) is 0 Å². The van der Waals surface area contributed by atoms with Gasteiger partial charge in [0.25, 0.3) is 5.91 Å². The van der Waals surface area contributed by atoms with E-state index in [0.29, 0.717) is 23.0 Å². The molecule has 1 fully saturated rings. The number of ether oxygens (including phenoxy) is 2. The van der Waals surface area contributed by atoms with Crippen LogP contribution < -0.4 is 14.8 Å². The molecule has 0 unspecified atom stereocenters. The van der Waals surface area contributed by atoms with Gasteiger partial charge in [0, 0.05) is 12.1 Å². The lowest BCUT2D eigenvalue weighted by atomic mass is 10.3. The van der Waals surface area contributed by atoms with Gasteiger partial charge in [-0.3, -0.25) is 4.79 Å². The van der Waals surface area contributed by atoms with E-state index in [1.807, 2.05) is 18.3 Å². The van der Waals surface area contributed by atoms with Crippen LogP contribution in [-0.4, -0.2) is 34.2 Å². The number of hydrogen-bond acceptors (Lipinski definition) is 5. The van der Waals surface area contributed by atoms with E-state index in [9.17, 15) is 4.79 Å². The van der Waals surface area contributed by atoms with Crippen molar-refractivity contribution in [3.63, 3.8) is 0 Å². The van der Waals surface area contributed by atoms with Crippen LogP contribution in [0.4, 0.5) is 5.69 Å². The van der Waals surface area contributed by atoms with E-state index in [1.54, 1.807) is 35.9 Å². The summed E-state index contributed by atoms with van der Waals surface area (Å²) in [6.45, 7) is -0.0863. The van der Waals surface area contributed by atoms with Crippen molar-refractivity contribution >= 4 is 17.2 Å². The molecule has 2 heterocycles. The van der Waals surface area contributed by atoms with Crippen LogP contribution in [0.5, 0.6) is 11.5 Å². The Morgan fingerprint density at radius 2 is 2.00 bits per heavy atom. The number of nitrogens with one attached hydrogen (secondary N) is 1. The number of methoxy groups -OCH3 is 1. The molecular weight excluding hydrogens is 320 g/mol. The van der Waals surface area contributed by atoms with Gasteiger partial charge in [-0.2, -0.15) is 5.10 Å². The highest BCUT2D eigenvalue weighted by Gasteiger charge is 2.28. The average molecular weight is 338 g/mol. The van der Waals surface area contributed by atoms with Crippen LogP contribution >= 0.6 is 0 Å². The molecule has 0 radical (unpaired) electrons. The second-order valence-electron chi connectivity index (χ2n) is 5.95. The summed E-state index contributed by atoms with van der Waals surface area (Å²) in [6, 6.07) is 10.7. The molecule has 0 bridgehead atoms. The third kappa shape index (κ3) is 3.40. The lowest BCUT2D eigenvalue weighted by molar-refractivity contribution is -0.118. The van der Waals surface area contributed by atoms with E-state index in [0.717, 1.165) is 24.4 Å². The minimum Gasteiger partial charge on any atom is -0.497 e. The summed E-state index contributed by atoms with van der Waals surface area (Å²) in [5.74, 6) is 2.40. The van der Waals surface area contributed by atoms with Gasteiger partial charge >= 0.3 is 0 Å². The smallest absolute Gasteiger partial charge is 0.262 e. The van der Waals surface area contributed by atoms with E-state index < -0.39 is 0 Å². The molecule has 25 heavy (non-hydrogen) atoms. The van der Waals surface area contributed by atoms with Crippen molar-refractivity contribution in [1.82, 2.24) is 14.6 Å². The van der Waals surface area contributed by atoms with Crippen LogP contribution in [0.1, 0.15) is 24.6 Å². The Morgan fingerprint density at radius 1 is 1.24 bits per heavy atom. The maximum atomic E-state index is 12.2. The summed E-state index contributed by atoms with van der Waals surface area (Å²) in [5.41, 5.74) is 1.28. The zero-order chi connectivity index (χ0) is 17.2. The summed E-state index contributed by atoms with van der Waals surface area (Å²) >= 11 is 0. The fourth-order valence-electron chi connectivity index (χ4n) is 2.54. The maximum absolute atomic E-state index is 12.2. The average Bonchev–Trinajstić information content (AvgIpc) is 3.39. The van der Waals surface area contributed by atoms with Gasteiger partial charge in [0.15, 0.2) is 18.1 Å². The number of carbonyl (C=O) groups is 1. The first-order valence-corrected chi connectivity index (χ1v) is 8.15. The Hall–Kier alpha value is -3.09. The van der Waals surface area contributed by atoms with Crippen molar-refractivity contribution in [2.75, 3.05) is 19.0 Å². The third-order valence-corrected chi connectivity index (χ3v) is 4.02. The zero-order valence-electron chi connectivity index (χ0n) is 13.8. The highest BCUT2D eigenvalue weighted by atomic mass is 16.5. The molecule has 128 valence electrons. The van der Waals surface area contributed by atoms with Crippen molar-refractivity contribution in [2.45, 2.75) is 18.8 Å².